The Kier molecular flexibility index (Phi) is 9.35. The number of hydrogen-bond donors (Lipinski definition) is 0. The van der Waals surface area contributed by atoms with Gasteiger partial charge < -0.3 is 0 Å². The Morgan fingerprint density at radius 1 is 0.469 bits per heavy atom. The van der Waals surface area contributed by atoms with Gasteiger partial charge in [0.15, 0.2) is 0 Å². The minimum absolute atomic E-state index is 0.552. The van der Waals surface area contributed by atoms with E-state index >= 15 is 0 Å². The second-order valence-electron chi connectivity index (χ2n) is 9.03. The van der Waals surface area contributed by atoms with Crippen LogP contribution in [0.5, 0.6) is 0 Å². The lowest BCUT2D eigenvalue weighted by Crippen LogP contribution is -2.70. The van der Waals surface area contributed by atoms with Crippen LogP contribution in [-0.4, -0.2) is 51.7 Å². The summed E-state index contributed by atoms with van der Waals surface area (Å²) in [6.45, 7) is 7.96. The van der Waals surface area contributed by atoms with E-state index in [0.29, 0.717) is 0 Å². The fourth-order valence-electron chi connectivity index (χ4n) is 1.75. The molecular weight excluding hydrogens is 730 g/mol. The van der Waals surface area contributed by atoms with E-state index in [-0.39, 0.29) is 0 Å². The van der Waals surface area contributed by atoms with Gasteiger partial charge in [-0.05, 0) is 18.6 Å². The molecule has 0 nitrogen and oxygen atoms in total. The van der Waals surface area contributed by atoms with Crippen LogP contribution in [0.1, 0.15) is 0 Å². The van der Waals surface area contributed by atoms with Crippen molar-refractivity contribution in [2.45, 2.75) is 74.8 Å². The first-order valence-electron chi connectivity index (χ1n) is 8.55. The molecule has 0 atom stereocenters. The van der Waals surface area contributed by atoms with Crippen LogP contribution in [-0.2, 0) is 0 Å². The third-order valence-electron chi connectivity index (χ3n) is 4.07. The molecule has 0 heterocycles. The molecule has 0 bridgehead atoms. The molecule has 16 heteroatoms. The minimum Gasteiger partial charge on any atom is -0.195 e. The average molecular weight is 750 g/mol. The summed E-state index contributed by atoms with van der Waals surface area (Å²) in [5.74, 6) is -41.5. The lowest BCUT2D eigenvalue weighted by atomic mass is 9.91. The van der Waals surface area contributed by atoms with Gasteiger partial charge >= 0.3 is 35.5 Å². The predicted octanol–water partition coefficient (Wildman–Crippen LogP) is 9.19. The quantitative estimate of drug-likeness (QED) is 0.125. The molecule has 0 saturated heterocycles. The van der Waals surface area contributed by atoms with Crippen molar-refractivity contribution < 1.29 is 52.7 Å². The Morgan fingerprint density at radius 2 is 0.656 bits per heavy atom. The summed E-state index contributed by atoms with van der Waals surface area (Å²) >= 11 is 2.23. The maximum Gasteiger partial charge on any atom is 0.385 e. The summed E-state index contributed by atoms with van der Waals surface area (Å²) in [5, 5.41) is 0. The normalized spacial score (nSPS) is 17.1. The fourth-order valence-corrected chi connectivity index (χ4v) is 3.76. The van der Waals surface area contributed by atoms with Gasteiger partial charge in [-0.15, -0.1) is 0 Å². The van der Waals surface area contributed by atoms with Gasteiger partial charge in [0.05, 0.1) is 16.1 Å². The summed E-state index contributed by atoms with van der Waals surface area (Å²) in [7, 11) is -5.66. The van der Waals surface area contributed by atoms with Crippen LogP contribution in [0.4, 0.5) is 52.7 Å². The molecule has 0 aliphatic rings. The van der Waals surface area contributed by atoms with Crippen LogP contribution >= 0.6 is 45.2 Å². The molecule has 0 aromatic heterocycles. The van der Waals surface area contributed by atoms with Gasteiger partial charge in [0.1, 0.15) is 0 Å². The molecule has 0 aliphatic heterocycles. The Balaban J connectivity index is 6.72. The van der Waals surface area contributed by atoms with Gasteiger partial charge in [-0.1, -0.05) is 84.5 Å². The SMILES string of the molecule is C[Si](C)(C)/C(I)=C\C(F)(F)C(F)(F)C(F)(F)C(F)(F)C(F)(F)C(F)(F)/C=C(/I)[Si](C)(C)C. The third kappa shape index (κ3) is 5.84. The first kappa shape index (κ1) is 32.5. The minimum atomic E-state index is -7.55. The molecule has 0 unspecified atom stereocenters. The zero-order valence-electron chi connectivity index (χ0n) is 17.4. The largest absolute Gasteiger partial charge is 0.385 e. The smallest absolute Gasteiger partial charge is 0.195 e. The van der Waals surface area contributed by atoms with E-state index in [1.165, 1.54) is 39.3 Å². The Labute approximate surface area is 206 Å². The molecule has 0 amide bonds. The van der Waals surface area contributed by atoms with E-state index in [4.69, 9.17) is 0 Å². The van der Waals surface area contributed by atoms with E-state index in [0.717, 1.165) is 45.2 Å². The highest BCUT2D eigenvalue weighted by Gasteiger charge is 2.89. The molecule has 0 aliphatic carbocycles. The molecule has 190 valence electrons. The first-order valence-corrected chi connectivity index (χ1v) is 17.7. The van der Waals surface area contributed by atoms with Gasteiger partial charge in [-0.25, -0.2) is 0 Å². The number of alkyl halides is 12. The van der Waals surface area contributed by atoms with Gasteiger partial charge in [0.25, 0.3) is 0 Å². The molecule has 0 fully saturated rings. The van der Waals surface area contributed by atoms with Crippen molar-refractivity contribution in [1.29, 1.82) is 0 Å². The van der Waals surface area contributed by atoms with Gasteiger partial charge in [0.2, 0.25) is 0 Å². The first-order chi connectivity index (χ1) is 13.5. The molecular formula is C16H20F12I2Si2. The van der Waals surface area contributed by atoms with Gasteiger partial charge in [-0.3, -0.25) is 0 Å². The highest BCUT2D eigenvalue weighted by Crippen LogP contribution is 2.61. The zero-order chi connectivity index (χ0) is 26.6. The highest BCUT2D eigenvalue weighted by molar-refractivity contribution is 14.1. The van der Waals surface area contributed by atoms with Crippen molar-refractivity contribution in [3.63, 3.8) is 0 Å². The van der Waals surface area contributed by atoms with Crippen molar-refractivity contribution in [3.8, 4) is 0 Å². The Bertz CT molecular complexity index is 698. The molecule has 0 rings (SSSR count). The predicted molar refractivity (Wildman–Crippen MR) is 121 cm³/mol. The topological polar surface area (TPSA) is 0 Å². The van der Waals surface area contributed by atoms with Crippen LogP contribution in [0.2, 0.25) is 39.3 Å². The molecule has 0 aromatic rings. The number of hydrogen-bond acceptors (Lipinski definition) is 0. The van der Waals surface area contributed by atoms with E-state index in [2.05, 4.69) is 0 Å². The van der Waals surface area contributed by atoms with Crippen LogP contribution in [0, 0.1) is 0 Å². The lowest BCUT2D eigenvalue weighted by molar-refractivity contribution is -0.415. The summed E-state index contributed by atoms with van der Waals surface area (Å²) in [6, 6.07) is 0. The molecule has 0 saturated carbocycles. The van der Waals surface area contributed by atoms with Gasteiger partial charge in [0, 0.05) is 0 Å². The van der Waals surface area contributed by atoms with Crippen molar-refractivity contribution in [3.05, 3.63) is 18.6 Å². The van der Waals surface area contributed by atoms with Crippen molar-refractivity contribution in [1.82, 2.24) is 0 Å². The average Bonchev–Trinajstić information content (AvgIpc) is 2.51. The lowest BCUT2D eigenvalue weighted by Gasteiger charge is -2.40. The molecule has 0 radical (unpaired) electrons. The van der Waals surface area contributed by atoms with Crippen LogP contribution in [0.3, 0.4) is 0 Å². The van der Waals surface area contributed by atoms with E-state index in [9.17, 15) is 52.7 Å². The van der Waals surface area contributed by atoms with E-state index < -0.39 is 70.2 Å². The third-order valence-corrected chi connectivity index (χ3v) is 17.6. The maximum atomic E-state index is 14.0. The van der Waals surface area contributed by atoms with Crippen molar-refractivity contribution in [2.24, 2.45) is 0 Å². The molecule has 32 heavy (non-hydrogen) atoms. The molecule has 0 spiro atoms. The Morgan fingerprint density at radius 3 is 0.812 bits per heavy atom. The Hall–Kier alpha value is 0.534. The maximum absolute atomic E-state index is 14.0. The van der Waals surface area contributed by atoms with Crippen LogP contribution in [0.15, 0.2) is 18.6 Å². The number of halogens is 14. The fraction of sp³-hybridized carbons (Fsp3) is 0.750. The molecule has 0 aromatic carbocycles. The monoisotopic (exact) mass is 750 g/mol. The molecule has 0 N–H and O–H groups in total. The second kappa shape index (κ2) is 9.20. The summed E-state index contributed by atoms with van der Waals surface area (Å²) in [6.07, 6.45) is -1.43. The standard InChI is InChI=1S/C16H20F12I2Si2/c1-31(2,3)9(29)7-11(17,18)13(21,22)15(25,26)16(27,28)14(23,24)12(19,20)8-10(30)32(4,5)6/h7-8H,1-6H3/b9-7-,10-8-. The van der Waals surface area contributed by atoms with Crippen LogP contribution < -0.4 is 0 Å². The summed E-state index contributed by atoms with van der Waals surface area (Å²) in [5.41, 5.74) is 0. The number of allylic oxidation sites excluding steroid dienone is 2. The highest BCUT2D eigenvalue weighted by atomic mass is 127. The summed E-state index contributed by atoms with van der Waals surface area (Å²) < 4.78 is 167. The second-order valence-corrected chi connectivity index (χ2v) is 23.5. The van der Waals surface area contributed by atoms with E-state index in [1.807, 2.05) is 0 Å². The number of rotatable bonds is 9. The van der Waals surface area contributed by atoms with Crippen molar-refractivity contribution in [2.75, 3.05) is 0 Å². The van der Waals surface area contributed by atoms with Crippen LogP contribution in [0.25, 0.3) is 0 Å². The zero-order valence-corrected chi connectivity index (χ0v) is 23.8. The van der Waals surface area contributed by atoms with E-state index in [1.54, 1.807) is 0 Å². The van der Waals surface area contributed by atoms with Gasteiger partial charge in [-0.2, -0.15) is 52.7 Å². The summed E-state index contributed by atoms with van der Waals surface area (Å²) in [4.78, 5) is 0. The van der Waals surface area contributed by atoms with Crippen molar-refractivity contribution >= 4 is 61.3 Å².